The first-order valence-corrected chi connectivity index (χ1v) is 5.65. The van der Waals surface area contributed by atoms with Gasteiger partial charge in [-0.05, 0) is 31.2 Å². The van der Waals surface area contributed by atoms with Crippen LogP contribution in [0.4, 0.5) is 0 Å². The fourth-order valence-corrected chi connectivity index (χ4v) is 1.33. The molecule has 0 unspecified atom stereocenters. The van der Waals surface area contributed by atoms with E-state index in [9.17, 15) is 4.79 Å². The molecule has 17 heavy (non-hydrogen) atoms. The molecule has 0 aromatic heterocycles. The Bertz CT molecular complexity index is 414. The van der Waals surface area contributed by atoms with Crippen LogP contribution in [0.3, 0.4) is 0 Å². The van der Waals surface area contributed by atoms with Crippen molar-refractivity contribution in [2.24, 2.45) is 5.92 Å². The Morgan fingerprint density at radius 2 is 1.76 bits per heavy atom. The molecule has 1 aliphatic carbocycles. The zero-order valence-electron chi connectivity index (χ0n) is 10.1. The van der Waals surface area contributed by atoms with Gasteiger partial charge in [-0.2, -0.15) is 0 Å². The summed E-state index contributed by atoms with van der Waals surface area (Å²) in [7, 11) is 0. The van der Waals surface area contributed by atoms with E-state index in [4.69, 9.17) is 5.11 Å². The van der Waals surface area contributed by atoms with E-state index in [-0.39, 0.29) is 0 Å². The smallest absolute Gasteiger partial charge is 0.331 e. The Kier molecular flexibility index (Phi) is 4.70. The van der Waals surface area contributed by atoms with E-state index in [1.54, 1.807) is 0 Å². The van der Waals surface area contributed by atoms with Crippen LogP contribution in [0.25, 0.3) is 5.57 Å². The van der Waals surface area contributed by atoms with Gasteiger partial charge in [-0.25, -0.2) is 4.79 Å². The fourth-order valence-electron chi connectivity index (χ4n) is 1.33. The summed E-state index contributed by atoms with van der Waals surface area (Å²) in [5.41, 5.74) is 2.72. The van der Waals surface area contributed by atoms with Crippen molar-refractivity contribution in [3.63, 3.8) is 0 Å². The second-order valence-corrected chi connectivity index (χ2v) is 4.25. The van der Waals surface area contributed by atoms with Crippen molar-refractivity contribution >= 4 is 11.5 Å². The fraction of sp³-hybridized carbons (Fsp3) is 0.267. The van der Waals surface area contributed by atoms with E-state index in [1.165, 1.54) is 5.56 Å². The Labute approximate surface area is 102 Å². The molecule has 0 saturated heterocycles. The lowest BCUT2D eigenvalue weighted by Crippen LogP contribution is -1.99. The van der Waals surface area contributed by atoms with Crippen LogP contribution in [0.15, 0.2) is 49.1 Å². The molecule has 2 heteroatoms. The van der Waals surface area contributed by atoms with Crippen LogP contribution in [0.2, 0.25) is 0 Å². The SMILES string of the molecule is C=C(C(=O)O)C1CC1.C=C(C)c1ccccc1. The molecule has 0 heterocycles. The van der Waals surface area contributed by atoms with Crippen molar-refractivity contribution in [1.29, 1.82) is 0 Å². The summed E-state index contributed by atoms with van der Waals surface area (Å²) in [4.78, 5) is 10.1. The number of benzene rings is 1. The molecular formula is C15H18O2. The van der Waals surface area contributed by atoms with Crippen LogP contribution >= 0.6 is 0 Å². The molecule has 0 amide bonds. The molecule has 0 aliphatic heterocycles. The molecule has 1 fully saturated rings. The average molecular weight is 230 g/mol. The van der Waals surface area contributed by atoms with Crippen molar-refractivity contribution < 1.29 is 9.90 Å². The van der Waals surface area contributed by atoms with Crippen LogP contribution in [0.5, 0.6) is 0 Å². The summed E-state index contributed by atoms with van der Waals surface area (Å²) in [6, 6.07) is 10.2. The highest BCUT2D eigenvalue weighted by Crippen LogP contribution is 2.35. The summed E-state index contributed by atoms with van der Waals surface area (Å²) < 4.78 is 0. The summed E-state index contributed by atoms with van der Waals surface area (Å²) in [5, 5.41) is 8.29. The molecule has 1 saturated carbocycles. The monoisotopic (exact) mass is 230 g/mol. The summed E-state index contributed by atoms with van der Waals surface area (Å²) in [6.45, 7) is 9.25. The van der Waals surface area contributed by atoms with Crippen LogP contribution < -0.4 is 0 Å². The van der Waals surface area contributed by atoms with E-state index in [1.807, 2.05) is 25.1 Å². The molecule has 0 spiro atoms. The third-order valence-electron chi connectivity index (χ3n) is 2.61. The number of allylic oxidation sites excluding steroid dienone is 1. The Hall–Kier alpha value is -1.83. The quantitative estimate of drug-likeness (QED) is 0.803. The number of carbonyl (C=O) groups is 1. The number of hydrogen-bond donors (Lipinski definition) is 1. The van der Waals surface area contributed by atoms with E-state index in [0.717, 1.165) is 18.4 Å². The molecule has 0 bridgehead atoms. The Balaban J connectivity index is 0.000000171. The molecule has 1 aromatic carbocycles. The van der Waals surface area contributed by atoms with Gasteiger partial charge in [0, 0.05) is 5.57 Å². The Morgan fingerprint density at radius 1 is 1.24 bits per heavy atom. The lowest BCUT2D eigenvalue weighted by atomic mass is 10.1. The first-order chi connectivity index (χ1) is 8.02. The third kappa shape index (κ3) is 4.68. The second-order valence-electron chi connectivity index (χ2n) is 4.25. The lowest BCUT2D eigenvalue weighted by molar-refractivity contribution is -0.132. The summed E-state index contributed by atoms with van der Waals surface area (Å²) >= 11 is 0. The van der Waals surface area contributed by atoms with Gasteiger partial charge in [0.25, 0.3) is 0 Å². The molecular weight excluding hydrogens is 212 g/mol. The van der Waals surface area contributed by atoms with Gasteiger partial charge >= 0.3 is 5.97 Å². The maximum absolute atomic E-state index is 10.1. The molecule has 90 valence electrons. The molecule has 2 rings (SSSR count). The summed E-state index contributed by atoms with van der Waals surface area (Å²) in [5.74, 6) is -0.542. The van der Waals surface area contributed by atoms with Crippen molar-refractivity contribution in [3.05, 3.63) is 54.6 Å². The number of aliphatic carboxylic acids is 1. The topological polar surface area (TPSA) is 37.3 Å². The third-order valence-corrected chi connectivity index (χ3v) is 2.61. The molecule has 1 aliphatic rings. The van der Waals surface area contributed by atoms with Gasteiger partial charge in [-0.1, -0.05) is 49.1 Å². The van der Waals surface area contributed by atoms with E-state index >= 15 is 0 Å². The summed E-state index contributed by atoms with van der Waals surface area (Å²) in [6.07, 6.45) is 2.04. The maximum atomic E-state index is 10.1. The minimum absolute atomic E-state index is 0.299. The molecule has 1 aromatic rings. The van der Waals surface area contributed by atoms with Crippen LogP contribution in [-0.2, 0) is 4.79 Å². The highest BCUT2D eigenvalue weighted by atomic mass is 16.4. The predicted octanol–water partition coefficient (Wildman–Crippen LogP) is 3.76. The zero-order chi connectivity index (χ0) is 12.8. The number of carboxylic acid groups (broad SMARTS) is 1. The second kappa shape index (κ2) is 6.04. The van der Waals surface area contributed by atoms with E-state index in [2.05, 4.69) is 25.3 Å². The molecule has 2 nitrogen and oxygen atoms in total. The van der Waals surface area contributed by atoms with Crippen LogP contribution in [-0.4, -0.2) is 11.1 Å². The van der Waals surface area contributed by atoms with Crippen molar-refractivity contribution in [1.82, 2.24) is 0 Å². The van der Waals surface area contributed by atoms with Gasteiger partial charge in [0.1, 0.15) is 0 Å². The zero-order valence-corrected chi connectivity index (χ0v) is 10.1. The van der Waals surface area contributed by atoms with Gasteiger partial charge in [-0.3, -0.25) is 0 Å². The first kappa shape index (κ1) is 13.2. The normalized spacial score (nSPS) is 13.2. The van der Waals surface area contributed by atoms with Gasteiger partial charge in [-0.15, -0.1) is 0 Å². The molecule has 0 radical (unpaired) electrons. The average Bonchev–Trinajstić information content (AvgIpc) is 3.14. The largest absolute Gasteiger partial charge is 0.478 e. The highest BCUT2D eigenvalue weighted by Gasteiger charge is 2.28. The van der Waals surface area contributed by atoms with Gasteiger partial charge in [0.05, 0.1) is 0 Å². The van der Waals surface area contributed by atoms with Crippen molar-refractivity contribution in [2.75, 3.05) is 0 Å². The lowest BCUT2D eigenvalue weighted by Gasteiger charge is -1.94. The van der Waals surface area contributed by atoms with Crippen LogP contribution in [0, 0.1) is 5.92 Å². The van der Waals surface area contributed by atoms with E-state index < -0.39 is 5.97 Å². The minimum Gasteiger partial charge on any atom is -0.478 e. The predicted molar refractivity (Wildman–Crippen MR) is 70.6 cm³/mol. The minimum atomic E-state index is -0.840. The number of hydrogen-bond acceptors (Lipinski definition) is 1. The highest BCUT2D eigenvalue weighted by molar-refractivity contribution is 5.86. The maximum Gasteiger partial charge on any atom is 0.331 e. The van der Waals surface area contributed by atoms with Gasteiger partial charge in [0.2, 0.25) is 0 Å². The standard InChI is InChI=1S/C9H10.C6H8O2/c1-8(2)9-6-4-3-5-7-9;1-4(6(7)8)5-2-3-5/h3-7H,1H2,2H3;5H,1-3H2,(H,7,8). The molecule has 0 atom stereocenters. The van der Waals surface area contributed by atoms with Gasteiger partial charge in [0.15, 0.2) is 0 Å². The number of rotatable bonds is 3. The van der Waals surface area contributed by atoms with Crippen molar-refractivity contribution in [2.45, 2.75) is 19.8 Å². The van der Waals surface area contributed by atoms with E-state index in [0.29, 0.717) is 11.5 Å². The Morgan fingerprint density at radius 3 is 2.00 bits per heavy atom. The number of carboxylic acids is 1. The van der Waals surface area contributed by atoms with Gasteiger partial charge < -0.3 is 5.11 Å². The molecule has 1 N–H and O–H groups in total. The van der Waals surface area contributed by atoms with Crippen LogP contribution in [0.1, 0.15) is 25.3 Å². The van der Waals surface area contributed by atoms with Crippen molar-refractivity contribution in [3.8, 4) is 0 Å². The first-order valence-electron chi connectivity index (χ1n) is 5.65.